The summed E-state index contributed by atoms with van der Waals surface area (Å²) in [7, 11) is 2.16. The molecule has 0 amide bonds. The van der Waals surface area contributed by atoms with Crippen LogP contribution in [0.2, 0.25) is 0 Å². The summed E-state index contributed by atoms with van der Waals surface area (Å²) >= 11 is 1.89. The van der Waals surface area contributed by atoms with Crippen molar-refractivity contribution in [2.24, 2.45) is 5.73 Å². The van der Waals surface area contributed by atoms with Gasteiger partial charge >= 0.3 is 0 Å². The fourth-order valence-corrected chi connectivity index (χ4v) is 1.67. The minimum atomic E-state index is 0.553. The highest BCUT2D eigenvalue weighted by atomic mass is 32.2. The van der Waals surface area contributed by atoms with E-state index in [0.29, 0.717) is 12.1 Å². The van der Waals surface area contributed by atoms with Crippen molar-refractivity contribution in [2.75, 3.05) is 25.6 Å². The molecule has 0 aliphatic rings. The quantitative estimate of drug-likeness (QED) is 0.686. The minimum Gasteiger partial charge on any atom is -0.329 e. The molecule has 0 bridgehead atoms. The van der Waals surface area contributed by atoms with E-state index in [1.54, 1.807) is 0 Å². The second-order valence-electron chi connectivity index (χ2n) is 3.43. The van der Waals surface area contributed by atoms with Gasteiger partial charge in [-0.05, 0) is 39.3 Å². The van der Waals surface area contributed by atoms with Gasteiger partial charge in [0.05, 0.1) is 0 Å². The summed E-state index contributed by atoms with van der Waals surface area (Å²) in [5, 5.41) is 0. The van der Waals surface area contributed by atoms with Gasteiger partial charge in [0.1, 0.15) is 0 Å². The van der Waals surface area contributed by atoms with E-state index < -0.39 is 0 Å². The van der Waals surface area contributed by atoms with Crippen molar-refractivity contribution >= 4 is 11.8 Å². The molecule has 1 atom stereocenters. The Kier molecular flexibility index (Phi) is 6.90. The number of likely N-dealkylation sites (N-methyl/N-ethyl adjacent to an activating group) is 1. The van der Waals surface area contributed by atoms with E-state index in [1.165, 1.54) is 12.2 Å². The zero-order valence-electron chi connectivity index (χ0n) is 8.71. The van der Waals surface area contributed by atoms with E-state index in [0.717, 1.165) is 6.54 Å². The van der Waals surface area contributed by atoms with Gasteiger partial charge in [0.25, 0.3) is 0 Å². The number of hydrogen-bond acceptors (Lipinski definition) is 3. The van der Waals surface area contributed by atoms with Crippen molar-refractivity contribution in [3.63, 3.8) is 0 Å². The highest BCUT2D eigenvalue weighted by molar-refractivity contribution is 7.98. The average Bonchev–Trinajstić information content (AvgIpc) is 2.05. The smallest absolute Gasteiger partial charge is 0.0225 e. The summed E-state index contributed by atoms with van der Waals surface area (Å²) in [5.41, 5.74) is 5.70. The Balaban J connectivity index is 3.79. The SMILES string of the molecule is CSCCC(CN)N(C)C(C)C. The van der Waals surface area contributed by atoms with Crippen LogP contribution in [0, 0.1) is 0 Å². The molecule has 0 aromatic heterocycles. The maximum Gasteiger partial charge on any atom is 0.0225 e. The lowest BCUT2D eigenvalue weighted by Gasteiger charge is -2.30. The molecule has 0 saturated carbocycles. The van der Waals surface area contributed by atoms with Crippen LogP contribution < -0.4 is 5.73 Å². The molecule has 0 aliphatic heterocycles. The first kappa shape index (κ1) is 12.3. The van der Waals surface area contributed by atoms with Crippen LogP contribution in [0.15, 0.2) is 0 Å². The molecule has 2 N–H and O–H groups in total. The summed E-state index contributed by atoms with van der Waals surface area (Å²) in [6.07, 6.45) is 3.34. The van der Waals surface area contributed by atoms with Gasteiger partial charge in [-0.1, -0.05) is 0 Å². The lowest BCUT2D eigenvalue weighted by molar-refractivity contribution is 0.196. The maximum atomic E-state index is 5.70. The van der Waals surface area contributed by atoms with Gasteiger partial charge in [-0.3, -0.25) is 4.90 Å². The van der Waals surface area contributed by atoms with E-state index >= 15 is 0 Å². The van der Waals surface area contributed by atoms with Crippen LogP contribution in [-0.2, 0) is 0 Å². The largest absolute Gasteiger partial charge is 0.329 e. The third-order valence-electron chi connectivity index (χ3n) is 2.32. The van der Waals surface area contributed by atoms with Crippen LogP contribution in [-0.4, -0.2) is 42.6 Å². The minimum absolute atomic E-state index is 0.553. The Morgan fingerprint density at radius 2 is 2.00 bits per heavy atom. The first-order chi connectivity index (χ1) is 5.63. The molecule has 3 heteroatoms. The molecule has 74 valence electrons. The van der Waals surface area contributed by atoms with Crippen molar-refractivity contribution in [1.82, 2.24) is 4.90 Å². The molecular weight excluding hydrogens is 168 g/mol. The third kappa shape index (κ3) is 4.33. The Bertz CT molecular complexity index is 107. The van der Waals surface area contributed by atoms with Gasteiger partial charge in [-0.25, -0.2) is 0 Å². The molecule has 0 aliphatic carbocycles. The van der Waals surface area contributed by atoms with Gasteiger partial charge in [0.15, 0.2) is 0 Å². The fraction of sp³-hybridized carbons (Fsp3) is 1.00. The number of rotatable bonds is 6. The van der Waals surface area contributed by atoms with Crippen molar-refractivity contribution in [2.45, 2.75) is 32.4 Å². The molecule has 0 spiro atoms. The molecule has 0 fully saturated rings. The highest BCUT2D eigenvalue weighted by Crippen LogP contribution is 2.08. The van der Waals surface area contributed by atoms with E-state index in [2.05, 4.69) is 32.1 Å². The number of nitrogens with zero attached hydrogens (tertiary/aromatic N) is 1. The Labute approximate surface area is 80.9 Å². The first-order valence-electron chi connectivity index (χ1n) is 4.54. The van der Waals surface area contributed by atoms with Crippen molar-refractivity contribution in [3.05, 3.63) is 0 Å². The van der Waals surface area contributed by atoms with E-state index in [-0.39, 0.29) is 0 Å². The zero-order chi connectivity index (χ0) is 9.56. The fourth-order valence-electron chi connectivity index (χ4n) is 1.16. The molecule has 2 nitrogen and oxygen atoms in total. The molecule has 12 heavy (non-hydrogen) atoms. The third-order valence-corrected chi connectivity index (χ3v) is 2.96. The number of hydrogen-bond donors (Lipinski definition) is 1. The van der Waals surface area contributed by atoms with Gasteiger partial charge in [0, 0.05) is 18.6 Å². The van der Waals surface area contributed by atoms with Gasteiger partial charge < -0.3 is 5.73 Å². The van der Waals surface area contributed by atoms with Crippen LogP contribution in [0.4, 0.5) is 0 Å². The predicted molar refractivity (Wildman–Crippen MR) is 58.7 cm³/mol. The normalized spacial score (nSPS) is 14.2. The molecule has 0 aromatic carbocycles. The summed E-state index contributed by atoms with van der Waals surface area (Å²) in [4.78, 5) is 2.36. The van der Waals surface area contributed by atoms with Crippen molar-refractivity contribution in [1.29, 1.82) is 0 Å². The van der Waals surface area contributed by atoms with E-state index in [9.17, 15) is 0 Å². The van der Waals surface area contributed by atoms with E-state index in [4.69, 9.17) is 5.73 Å². The first-order valence-corrected chi connectivity index (χ1v) is 5.93. The standard InChI is InChI=1S/C9H22N2S/c1-8(2)11(3)9(7-10)5-6-12-4/h8-9H,5-7,10H2,1-4H3. The summed E-state index contributed by atoms with van der Waals surface area (Å²) in [6.45, 7) is 5.19. The molecule has 0 saturated heterocycles. The van der Waals surface area contributed by atoms with Crippen LogP contribution in [0.5, 0.6) is 0 Å². The Hall–Kier alpha value is 0.270. The van der Waals surface area contributed by atoms with Crippen LogP contribution >= 0.6 is 11.8 Å². The molecule has 0 aromatic rings. The van der Waals surface area contributed by atoms with Gasteiger partial charge in [0.2, 0.25) is 0 Å². The average molecular weight is 190 g/mol. The van der Waals surface area contributed by atoms with Crippen molar-refractivity contribution < 1.29 is 0 Å². The molecule has 1 unspecified atom stereocenters. The number of thioether (sulfide) groups is 1. The molecule has 0 radical (unpaired) electrons. The summed E-state index contributed by atoms with van der Waals surface area (Å²) in [5.74, 6) is 1.21. The lowest BCUT2D eigenvalue weighted by atomic mass is 10.1. The summed E-state index contributed by atoms with van der Waals surface area (Å²) in [6, 6.07) is 1.15. The topological polar surface area (TPSA) is 29.3 Å². The van der Waals surface area contributed by atoms with Crippen LogP contribution in [0.25, 0.3) is 0 Å². The molecule has 0 heterocycles. The lowest BCUT2D eigenvalue weighted by Crippen LogP contribution is -2.42. The van der Waals surface area contributed by atoms with Gasteiger partial charge in [-0.2, -0.15) is 11.8 Å². The highest BCUT2D eigenvalue weighted by Gasteiger charge is 2.14. The van der Waals surface area contributed by atoms with E-state index in [1.807, 2.05) is 11.8 Å². The number of nitrogens with two attached hydrogens (primary N) is 1. The van der Waals surface area contributed by atoms with Gasteiger partial charge in [-0.15, -0.1) is 0 Å². The Morgan fingerprint density at radius 3 is 2.33 bits per heavy atom. The second kappa shape index (κ2) is 6.75. The Morgan fingerprint density at radius 1 is 1.42 bits per heavy atom. The zero-order valence-corrected chi connectivity index (χ0v) is 9.53. The predicted octanol–water partition coefficient (Wildman–Crippen LogP) is 1.41. The van der Waals surface area contributed by atoms with Crippen LogP contribution in [0.1, 0.15) is 20.3 Å². The maximum absolute atomic E-state index is 5.70. The van der Waals surface area contributed by atoms with Crippen LogP contribution in [0.3, 0.4) is 0 Å². The second-order valence-corrected chi connectivity index (χ2v) is 4.42. The molecular formula is C9H22N2S. The monoisotopic (exact) mass is 190 g/mol. The summed E-state index contributed by atoms with van der Waals surface area (Å²) < 4.78 is 0. The molecule has 0 rings (SSSR count). The van der Waals surface area contributed by atoms with Crippen molar-refractivity contribution in [3.8, 4) is 0 Å².